The molecule has 0 unspecified atom stereocenters. The Kier molecular flexibility index (Phi) is 4.25. The molecule has 0 heterocycles. The van der Waals surface area contributed by atoms with E-state index in [0.717, 1.165) is 12.5 Å². The van der Waals surface area contributed by atoms with E-state index in [-0.39, 0.29) is 11.5 Å². The molecule has 1 aromatic rings. The molecule has 0 N–H and O–H groups in total. The van der Waals surface area contributed by atoms with Crippen molar-refractivity contribution < 1.29 is 25.2 Å². The van der Waals surface area contributed by atoms with Gasteiger partial charge in [-0.1, -0.05) is 6.07 Å². The highest BCUT2D eigenvalue weighted by molar-refractivity contribution is 14.1. The van der Waals surface area contributed by atoms with Crippen molar-refractivity contribution in [1.29, 1.82) is 0 Å². The lowest BCUT2D eigenvalue weighted by Crippen LogP contribution is -2.11. The van der Waals surface area contributed by atoms with E-state index in [1.165, 1.54) is 12.1 Å². The van der Waals surface area contributed by atoms with Gasteiger partial charge in [0.15, 0.2) is 11.5 Å². The maximum Gasteiger partial charge on any atom is 0.306 e. The van der Waals surface area contributed by atoms with E-state index in [1.807, 2.05) is 22.6 Å². The molecule has 0 aliphatic rings. The first kappa shape index (κ1) is 14.5. The van der Waals surface area contributed by atoms with E-state index < -0.39 is 20.2 Å². The maximum atomic E-state index is 11.0. The van der Waals surface area contributed by atoms with Gasteiger partial charge in [-0.3, -0.25) is 0 Å². The van der Waals surface area contributed by atoms with E-state index in [2.05, 4.69) is 8.37 Å². The lowest BCUT2D eigenvalue weighted by atomic mass is 10.3. The Bertz CT molecular complexity index is 619. The van der Waals surface area contributed by atoms with Crippen molar-refractivity contribution in [3.63, 3.8) is 0 Å². The third-order valence-electron chi connectivity index (χ3n) is 1.41. The highest BCUT2D eigenvalue weighted by Crippen LogP contribution is 2.33. The van der Waals surface area contributed by atoms with Crippen LogP contribution in [0.3, 0.4) is 0 Å². The van der Waals surface area contributed by atoms with Gasteiger partial charge in [0.1, 0.15) is 0 Å². The zero-order chi connectivity index (χ0) is 13.3. The van der Waals surface area contributed by atoms with Crippen LogP contribution in [0.2, 0.25) is 0 Å². The number of benzene rings is 1. The summed E-state index contributed by atoms with van der Waals surface area (Å²) in [6, 6.07) is 4.40. The minimum atomic E-state index is -3.76. The zero-order valence-corrected chi connectivity index (χ0v) is 12.7. The highest BCUT2D eigenvalue weighted by Gasteiger charge is 2.17. The largest absolute Gasteiger partial charge is 0.379 e. The summed E-state index contributed by atoms with van der Waals surface area (Å²) in [6.45, 7) is 0. The average molecular weight is 392 g/mol. The molecule has 0 aliphatic heterocycles. The molecule has 0 bridgehead atoms. The van der Waals surface area contributed by atoms with Gasteiger partial charge < -0.3 is 8.37 Å². The summed E-state index contributed by atoms with van der Waals surface area (Å²) in [5.74, 6) is -0.300. The molecule has 1 rings (SSSR count). The Morgan fingerprint density at radius 2 is 1.53 bits per heavy atom. The van der Waals surface area contributed by atoms with Crippen molar-refractivity contribution in [3.8, 4) is 11.5 Å². The summed E-state index contributed by atoms with van der Waals surface area (Å²) in [6.07, 6.45) is 1.72. The molecule has 9 heteroatoms. The molecule has 17 heavy (non-hydrogen) atoms. The summed E-state index contributed by atoms with van der Waals surface area (Å²) in [5.41, 5.74) is 0. The Morgan fingerprint density at radius 3 is 2.00 bits per heavy atom. The Morgan fingerprint density at radius 1 is 1.00 bits per heavy atom. The number of hydrogen-bond acceptors (Lipinski definition) is 6. The smallest absolute Gasteiger partial charge is 0.306 e. The summed E-state index contributed by atoms with van der Waals surface area (Å²) in [7, 11) is -7.51. The lowest BCUT2D eigenvalue weighted by molar-refractivity contribution is 0.454. The van der Waals surface area contributed by atoms with Crippen molar-refractivity contribution in [2.75, 3.05) is 12.5 Å². The third kappa shape index (κ3) is 5.08. The highest BCUT2D eigenvalue weighted by atomic mass is 127. The van der Waals surface area contributed by atoms with Gasteiger partial charge >= 0.3 is 20.2 Å². The second-order valence-corrected chi connectivity index (χ2v) is 7.45. The van der Waals surface area contributed by atoms with Crippen LogP contribution in [-0.4, -0.2) is 29.3 Å². The second kappa shape index (κ2) is 4.98. The fourth-order valence-electron chi connectivity index (χ4n) is 0.950. The van der Waals surface area contributed by atoms with Gasteiger partial charge in [-0.25, -0.2) is 0 Å². The van der Waals surface area contributed by atoms with Gasteiger partial charge in [0.05, 0.1) is 16.1 Å². The SMILES string of the molecule is CS(=O)(=O)Oc1cccc(I)c1OS(C)(=O)=O. The molecule has 0 atom stereocenters. The minimum Gasteiger partial charge on any atom is -0.379 e. The van der Waals surface area contributed by atoms with Gasteiger partial charge in [0.25, 0.3) is 0 Å². The molecule has 6 nitrogen and oxygen atoms in total. The van der Waals surface area contributed by atoms with Crippen LogP contribution < -0.4 is 8.37 Å². The molecule has 0 aliphatic carbocycles. The molecule has 0 aromatic heterocycles. The van der Waals surface area contributed by atoms with Crippen molar-refractivity contribution in [3.05, 3.63) is 21.8 Å². The Balaban J connectivity index is 3.27. The number of halogens is 1. The molecule has 0 amide bonds. The monoisotopic (exact) mass is 392 g/mol. The molecule has 0 saturated heterocycles. The number of hydrogen-bond donors (Lipinski definition) is 0. The third-order valence-corrected chi connectivity index (χ3v) is 3.21. The predicted octanol–water partition coefficient (Wildman–Crippen LogP) is 0.968. The van der Waals surface area contributed by atoms with E-state index in [1.54, 1.807) is 6.07 Å². The zero-order valence-electron chi connectivity index (χ0n) is 8.88. The second-order valence-electron chi connectivity index (χ2n) is 3.14. The molecule has 0 saturated carbocycles. The summed E-state index contributed by atoms with van der Waals surface area (Å²) in [4.78, 5) is 0. The van der Waals surface area contributed by atoms with E-state index in [0.29, 0.717) is 3.57 Å². The normalized spacial score (nSPS) is 12.2. The van der Waals surface area contributed by atoms with Crippen LogP contribution in [0.4, 0.5) is 0 Å². The van der Waals surface area contributed by atoms with Crippen LogP contribution in [0.25, 0.3) is 0 Å². The van der Waals surface area contributed by atoms with E-state index in [9.17, 15) is 16.8 Å². The first-order valence-electron chi connectivity index (χ1n) is 4.16. The van der Waals surface area contributed by atoms with Gasteiger partial charge in [-0.2, -0.15) is 16.8 Å². The first-order chi connectivity index (χ1) is 7.58. The van der Waals surface area contributed by atoms with Gasteiger partial charge in [-0.15, -0.1) is 0 Å². The molecular formula is C8H9IO6S2. The van der Waals surface area contributed by atoms with Gasteiger partial charge in [0.2, 0.25) is 0 Å². The molecular weight excluding hydrogens is 383 g/mol. The van der Waals surface area contributed by atoms with Crippen molar-refractivity contribution in [2.24, 2.45) is 0 Å². The molecule has 1 aromatic carbocycles. The van der Waals surface area contributed by atoms with Crippen LogP contribution in [0, 0.1) is 3.57 Å². The van der Waals surface area contributed by atoms with Crippen LogP contribution in [0.1, 0.15) is 0 Å². The number of rotatable bonds is 4. The maximum absolute atomic E-state index is 11.0. The lowest BCUT2D eigenvalue weighted by Gasteiger charge is -2.10. The fourth-order valence-corrected chi connectivity index (χ4v) is 2.62. The van der Waals surface area contributed by atoms with Crippen molar-refractivity contribution >= 4 is 42.8 Å². The standard InChI is InChI=1S/C8H9IO6S2/c1-16(10,11)14-7-5-3-4-6(9)8(7)15-17(2,12)13/h3-5H,1-2H3. The summed E-state index contributed by atoms with van der Waals surface area (Å²) < 4.78 is 53.8. The minimum absolute atomic E-state index is 0.138. The fraction of sp³-hybridized carbons (Fsp3) is 0.250. The number of para-hydroxylation sites is 1. The molecule has 0 fully saturated rings. The molecule has 0 spiro atoms. The van der Waals surface area contributed by atoms with Crippen LogP contribution in [0.15, 0.2) is 18.2 Å². The van der Waals surface area contributed by atoms with Crippen molar-refractivity contribution in [1.82, 2.24) is 0 Å². The van der Waals surface area contributed by atoms with Gasteiger partial charge in [-0.05, 0) is 34.7 Å². The van der Waals surface area contributed by atoms with Crippen LogP contribution >= 0.6 is 22.6 Å². The van der Waals surface area contributed by atoms with Crippen LogP contribution in [-0.2, 0) is 20.2 Å². The van der Waals surface area contributed by atoms with Crippen LogP contribution in [0.5, 0.6) is 11.5 Å². The average Bonchev–Trinajstić information content (AvgIpc) is 2.07. The predicted molar refractivity (Wildman–Crippen MR) is 70.1 cm³/mol. The summed E-state index contributed by atoms with van der Waals surface area (Å²) >= 11 is 1.81. The van der Waals surface area contributed by atoms with Gasteiger partial charge in [0, 0.05) is 0 Å². The van der Waals surface area contributed by atoms with E-state index >= 15 is 0 Å². The molecule has 0 radical (unpaired) electrons. The molecule has 96 valence electrons. The first-order valence-corrected chi connectivity index (χ1v) is 8.87. The van der Waals surface area contributed by atoms with Crippen molar-refractivity contribution in [2.45, 2.75) is 0 Å². The van der Waals surface area contributed by atoms with E-state index in [4.69, 9.17) is 0 Å². The summed E-state index contributed by atoms with van der Waals surface area (Å²) in [5, 5.41) is 0. The Labute approximate surface area is 113 Å². The topological polar surface area (TPSA) is 86.7 Å². The Hall–Kier alpha value is -0.550. The quantitative estimate of drug-likeness (QED) is 0.561.